The van der Waals surface area contributed by atoms with Gasteiger partial charge in [-0.2, -0.15) is 29.8 Å². The predicted molar refractivity (Wildman–Crippen MR) is 54.5 cm³/mol. The molecular weight excluding hydrogens is 244 g/mol. The van der Waals surface area contributed by atoms with Crippen LogP contribution in [0.5, 0.6) is 0 Å². The van der Waals surface area contributed by atoms with Crippen LogP contribution < -0.4 is 58.2 Å². The summed E-state index contributed by atoms with van der Waals surface area (Å²) in [6, 6.07) is 10.2. The van der Waals surface area contributed by atoms with Gasteiger partial charge in [-0.1, -0.05) is 6.42 Å². The van der Waals surface area contributed by atoms with Gasteiger partial charge in [0.05, 0.1) is 0 Å². The van der Waals surface area contributed by atoms with E-state index >= 15 is 0 Å². The summed E-state index contributed by atoms with van der Waals surface area (Å²) in [6.07, 6.45) is 1.19. The minimum atomic E-state index is 0. The summed E-state index contributed by atoms with van der Waals surface area (Å²) in [5, 5.41) is 0. The summed E-state index contributed by atoms with van der Waals surface area (Å²) < 4.78 is 0. The maximum absolute atomic E-state index is 3.15. The third-order valence-electron chi connectivity index (χ3n) is 2.82. The molecule has 0 fully saturated rings. The molecule has 1 aromatic rings. The van der Waals surface area contributed by atoms with Crippen molar-refractivity contribution in [1.29, 1.82) is 0 Å². The van der Waals surface area contributed by atoms with Crippen LogP contribution in [0.15, 0.2) is 18.2 Å². The summed E-state index contributed by atoms with van der Waals surface area (Å²) in [7, 11) is 0. The van der Waals surface area contributed by atoms with E-state index in [1.807, 2.05) is 6.07 Å². The SMILES string of the molecule is CC(C)N1CCc2c[c-]ccc2C1.[Rb+]. The van der Waals surface area contributed by atoms with Crippen LogP contribution in [-0.4, -0.2) is 17.5 Å². The molecule has 0 spiro atoms. The second kappa shape index (κ2) is 5.90. The van der Waals surface area contributed by atoms with Gasteiger partial charge in [0.15, 0.2) is 0 Å². The Morgan fingerprint density at radius 1 is 1.36 bits per heavy atom. The van der Waals surface area contributed by atoms with Crippen molar-refractivity contribution in [2.45, 2.75) is 32.9 Å². The van der Waals surface area contributed by atoms with Crippen LogP contribution in [0.3, 0.4) is 0 Å². The van der Waals surface area contributed by atoms with E-state index in [0.717, 1.165) is 6.54 Å². The molecule has 1 aliphatic heterocycles. The number of rotatable bonds is 1. The topological polar surface area (TPSA) is 3.24 Å². The fourth-order valence-corrected chi connectivity index (χ4v) is 1.89. The van der Waals surface area contributed by atoms with E-state index in [4.69, 9.17) is 0 Å². The van der Waals surface area contributed by atoms with Crippen molar-refractivity contribution in [3.63, 3.8) is 0 Å². The maximum atomic E-state index is 3.15. The van der Waals surface area contributed by atoms with E-state index in [2.05, 4.69) is 36.9 Å². The Labute approximate surface area is 136 Å². The van der Waals surface area contributed by atoms with Crippen molar-refractivity contribution >= 4 is 0 Å². The van der Waals surface area contributed by atoms with E-state index in [0.29, 0.717) is 6.04 Å². The molecule has 14 heavy (non-hydrogen) atoms. The Morgan fingerprint density at radius 3 is 2.86 bits per heavy atom. The largest absolute Gasteiger partial charge is 1.00 e. The smallest absolute Gasteiger partial charge is 0.299 e. The summed E-state index contributed by atoms with van der Waals surface area (Å²) in [4.78, 5) is 2.52. The van der Waals surface area contributed by atoms with E-state index in [1.165, 1.54) is 24.1 Å². The van der Waals surface area contributed by atoms with Crippen LogP contribution in [0.2, 0.25) is 0 Å². The van der Waals surface area contributed by atoms with Crippen molar-refractivity contribution in [1.82, 2.24) is 4.90 Å². The van der Waals surface area contributed by atoms with Crippen LogP contribution >= 0.6 is 0 Å². The van der Waals surface area contributed by atoms with Gasteiger partial charge in [0.2, 0.25) is 0 Å². The van der Waals surface area contributed by atoms with Gasteiger partial charge in [0.1, 0.15) is 0 Å². The molecule has 2 heteroatoms. The van der Waals surface area contributed by atoms with Gasteiger partial charge in [0, 0.05) is 12.6 Å². The maximum Gasteiger partial charge on any atom is 1.00 e. The first-order chi connectivity index (χ1) is 6.27. The first kappa shape index (κ1) is 13.1. The average Bonchev–Trinajstić information content (AvgIpc) is 2.17. The molecule has 1 aliphatic rings. The first-order valence-electron chi connectivity index (χ1n) is 4.99. The summed E-state index contributed by atoms with van der Waals surface area (Å²) in [5.41, 5.74) is 2.97. The molecule has 0 unspecified atom stereocenters. The molecule has 0 radical (unpaired) electrons. The minimum absolute atomic E-state index is 0. The third kappa shape index (κ3) is 2.99. The third-order valence-corrected chi connectivity index (χ3v) is 2.82. The van der Waals surface area contributed by atoms with E-state index in [-0.39, 0.29) is 58.2 Å². The zero-order chi connectivity index (χ0) is 9.26. The molecule has 70 valence electrons. The second-order valence-corrected chi connectivity index (χ2v) is 4.01. The van der Waals surface area contributed by atoms with Crippen LogP contribution in [0.4, 0.5) is 0 Å². The van der Waals surface area contributed by atoms with Crippen molar-refractivity contribution < 1.29 is 58.2 Å². The molecule has 0 saturated carbocycles. The van der Waals surface area contributed by atoms with Gasteiger partial charge in [-0.25, -0.2) is 0 Å². The molecule has 0 amide bonds. The average molecular weight is 260 g/mol. The van der Waals surface area contributed by atoms with Gasteiger partial charge in [-0.3, -0.25) is 4.90 Å². The van der Waals surface area contributed by atoms with E-state index < -0.39 is 0 Å². The Bertz CT molecular complexity index is 296. The predicted octanol–water partition coefficient (Wildman–Crippen LogP) is -0.743. The Balaban J connectivity index is 0.000000980. The zero-order valence-corrected chi connectivity index (χ0v) is 14.3. The molecule has 0 bridgehead atoms. The molecule has 0 N–H and O–H groups in total. The van der Waals surface area contributed by atoms with E-state index in [1.54, 1.807) is 0 Å². The van der Waals surface area contributed by atoms with Crippen LogP contribution in [-0.2, 0) is 13.0 Å². The van der Waals surface area contributed by atoms with Gasteiger partial charge in [-0.15, -0.1) is 5.56 Å². The molecule has 1 heterocycles. The number of benzene rings is 1. The molecule has 2 rings (SSSR count). The van der Waals surface area contributed by atoms with Crippen molar-refractivity contribution in [3.05, 3.63) is 35.4 Å². The van der Waals surface area contributed by atoms with Crippen LogP contribution in [0.1, 0.15) is 25.0 Å². The molecule has 1 aromatic carbocycles. The molecule has 0 atom stereocenters. The zero-order valence-electron chi connectivity index (χ0n) is 9.38. The Kier molecular flexibility index (Phi) is 5.50. The molecule has 0 saturated heterocycles. The van der Waals surface area contributed by atoms with Crippen LogP contribution in [0.25, 0.3) is 0 Å². The number of hydrogen-bond acceptors (Lipinski definition) is 1. The molecular formula is C12H16NRb. The second-order valence-electron chi connectivity index (χ2n) is 4.01. The van der Waals surface area contributed by atoms with Gasteiger partial charge < -0.3 is 0 Å². The number of fused-ring (bicyclic) bond motifs is 1. The van der Waals surface area contributed by atoms with Crippen molar-refractivity contribution in [2.75, 3.05) is 6.54 Å². The van der Waals surface area contributed by atoms with Crippen molar-refractivity contribution in [3.8, 4) is 0 Å². The first-order valence-corrected chi connectivity index (χ1v) is 4.99. The van der Waals surface area contributed by atoms with Crippen molar-refractivity contribution in [2.24, 2.45) is 0 Å². The standard InChI is InChI=1S/C12H16N.Rb/c1-10(2)13-8-7-11-5-3-4-6-12(11)9-13;/h4-6,10H,7-9H2,1-2H3;/q-1;+1. The summed E-state index contributed by atoms with van der Waals surface area (Å²) >= 11 is 0. The van der Waals surface area contributed by atoms with Gasteiger partial charge >= 0.3 is 58.2 Å². The normalized spacial score (nSPS) is 16.2. The molecule has 1 nitrogen and oxygen atoms in total. The molecule has 0 aromatic heterocycles. The summed E-state index contributed by atoms with van der Waals surface area (Å²) in [5.74, 6) is 0. The minimum Gasteiger partial charge on any atom is -0.299 e. The summed E-state index contributed by atoms with van der Waals surface area (Å²) in [6.45, 7) is 6.84. The van der Waals surface area contributed by atoms with E-state index in [9.17, 15) is 0 Å². The fraction of sp³-hybridized carbons (Fsp3) is 0.500. The Morgan fingerprint density at radius 2 is 2.14 bits per heavy atom. The van der Waals surface area contributed by atoms with Gasteiger partial charge in [0.25, 0.3) is 0 Å². The number of hydrogen-bond donors (Lipinski definition) is 0. The van der Waals surface area contributed by atoms with Crippen LogP contribution in [0, 0.1) is 6.07 Å². The Hall–Kier alpha value is 0.985. The molecule has 0 aliphatic carbocycles. The monoisotopic (exact) mass is 259 g/mol. The van der Waals surface area contributed by atoms with Gasteiger partial charge in [-0.05, 0) is 20.4 Å². The fourth-order valence-electron chi connectivity index (χ4n) is 1.89. The quantitative estimate of drug-likeness (QED) is 0.601. The number of nitrogens with zero attached hydrogens (tertiary/aromatic N) is 1.